The number of rotatable bonds is 3. The van der Waals surface area contributed by atoms with Crippen molar-refractivity contribution < 1.29 is 21.7 Å². The molecule has 0 saturated heterocycles. The van der Waals surface area contributed by atoms with E-state index in [9.17, 15) is 0 Å². The molecule has 0 unspecified atom stereocenters. The first-order valence-corrected chi connectivity index (χ1v) is 4.43. The Labute approximate surface area is 106 Å². The van der Waals surface area contributed by atoms with Gasteiger partial charge < -0.3 is 0 Å². The fourth-order valence-electron chi connectivity index (χ4n) is 0.761. The van der Waals surface area contributed by atoms with E-state index in [1.165, 1.54) is 11.3 Å². The minimum atomic E-state index is 0. The molecule has 1 aliphatic carbocycles. The molecule has 0 spiro atoms. The fourth-order valence-corrected chi connectivity index (χ4v) is 1.38. The minimum absolute atomic E-state index is 0. The Kier molecular flexibility index (Phi) is 19.0. The van der Waals surface area contributed by atoms with Crippen LogP contribution in [0.5, 0.6) is 0 Å². The summed E-state index contributed by atoms with van der Waals surface area (Å²) in [6.45, 7) is 2.18. The van der Waals surface area contributed by atoms with Gasteiger partial charge in [-0.3, -0.25) is 6.08 Å². The predicted molar refractivity (Wildman–Crippen MR) is 58.0 cm³/mol. The van der Waals surface area contributed by atoms with Gasteiger partial charge in [-0.15, -0.1) is 31.2 Å². The Morgan fingerprint density at radius 2 is 2.17 bits per heavy atom. The Balaban J connectivity index is -0.000000270. The molecule has 0 bridgehead atoms. The van der Waals surface area contributed by atoms with Crippen LogP contribution in [0.4, 0.5) is 0 Å². The number of hydrogen-bond donors (Lipinski definition) is 0. The first-order chi connectivity index (χ1) is 4.43. The first kappa shape index (κ1) is 18.8. The van der Waals surface area contributed by atoms with Crippen molar-refractivity contribution in [2.45, 2.75) is 13.3 Å². The Morgan fingerprint density at radius 3 is 2.58 bits per heavy atom. The zero-order valence-corrected chi connectivity index (χ0v) is 11.0. The van der Waals surface area contributed by atoms with Crippen LogP contribution in [0.2, 0.25) is 0 Å². The topological polar surface area (TPSA) is 0 Å². The molecule has 0 radical (unpaired) electrons. The van der Waals surface area contributed by atoms with Gasteiger partial charge in [-0.25, -0.2) is 11.6 Å². The van der Waals surface area contributed by atoms with Crippen LogP contribution in [0.15, 0.2) is 17.7 Å². The maximum absolute atomic E-state index is 3.28. The fraction of sp³-hybridized carbons (Fsp3) is 0.500. The summed E-state index contributed by atoms with van der Waals surface area (Å²) < 4.78 is 0. The summed E-state index contributed by atoms with van der Waals surface area (Å²) in [6.07, 6.45) is 8.63. The van der Waals surface area contributed by atoms with Gasteiger partial charge in [0.25, 0.3) is 0 Å². The molecule has 0 aromatic rings. The van der Waals surface area contributed by atoms with E-state index in [0.29, 0.717) is 0 Å². The molecule has 0 nitrogen and oxygen atoms in total. The molecule has 1 rings (SSSR count). The number of halogens is 2. The molecule has 0 atom stereocenters. The van der Waals surface area contributed by atoms with Crippen molar-refractivity contribution >= 4 is 36.6 Å². The summed E-state index contributed by atoms with van der Waals surface area (Å²) in [7, 11) is 0. The summed E-state index contributed by atoms with van der Waals surface area (Å²) in [5.74, 6) is 2.35. The molecular weight excluding hydrogens is 247 g/mol. The van der Waals surface area contributed by atoms with Crippen LogP contribution in [0, 0.1) is 6.08 Å². The molecule has 0 aromatic carbocycles. The van der Waals surface area contributed by atoms with Crippen LogP contribution in [0.1, 0.15) is 13.3 Å². The Hall–Kier alpha value is 1.12. The molecule has 0 saturated carbocycles. The molecule has 4 heteroatoms. The van der Waals surface area contributed by atoms with Gasteiger partial charge >= 0.3 is 0 Å². The van der Waals surface area contributed by atoms with Crippen LogP contribution in [-0.4, -0.2) is 11.5 Å². The smallest absolute Gasteiger partial charge is 0 e. The van der Waals surface area contributed by atoms with Crippen molar-refractivity contribution in [3.63, 3.8) is 0 Å². The predicted octanol–water partition coefficient (Wildman–Crippen LogP) is 3.27. The van der Waals surface area contributed by atoms with Gasteiger partial charge in [0, 0.05) is 21.7 Å². The van der Waals surface area contributed by atoms with E-state index in [1.54, 1.807) is 0 Å². The first-order valence-electron chi connectivity index (χ1n) is 3.27. The largest absolute Gasteiger partial charge is 0.269 e. The van der Waals surface area contributed by atoms with Crippen LogP contribution in [0.3, 0.4) is 0 Å². The molecule has 1 aliphatic rings. The van der Waals surface area contributed by atoms with Crippen molar-refractivity contribution in [3.8, 4) is 0 Å². The quantitative estimate of drug-likeness (QED) is 0.554. The van der Waals surface area contributed by atoms with Crippen molar-refractivity contribution in [3.05, 3.63) is 23.8 Å². The molecule has 0 fully saturated rings. The minimum Gasteiger partial charge on any atom is -0.269 e. The molecule has 0 heterocycles. The number of thioether (sulfide) groups is 1. The maximum atomic E-state index is 3.28. The third-order valence-corrected chi connectivity index (χ3v) is 2.15. The number of hydrogen-bond acceptors (Lipinski definition) is 1. The molecule has 0 aliphatic heterocycles. The van der Waals surface area contributed by atoms with Gasteiger partial charge in [0.2, 0.25) is 0 Å². The van der Waals surface area contributed by atoms with E-state index in [2.05, 4.69) is 25.2 Å². The van der Waals surface area contributed by atoms with Gasteiger partial charge in [0.05, 0.1) is 0 Å². The molecule has 12 heavy (non-hydrogen) atoms. The summed E-state index contributed by atoms with van der Waals surface area (Å²) >= 11 is 1.95. The third kappa shape index (κ3) is 7.76. The van der Waals surface area contributed by atoms with E-state index >= 15 is 0 Å². The normalized spacial score (nSPS) is 12.2. The van der Waals surface area contributed by atoms with E-state index in [1.807, 2.05) is 11.8 Å². The van der Waals surface area contributed by atoms with E-state index in [-0.39, 0.29) is 46.5 Å². The van der Waals surface area contributed by atoms with E-state index in [0.717, 1.165) is 12.2 Å². The average molecular weight is 260 g/mol. The van der Waals surface area contributed by atoms with Crippen molar-refractivity contribution in [2.24, 2.45) is 0 Å². The zero-order valence-electron chi connectivity index (χ0n) is 7.00. The summed E-state index contributed by atoms with van der Waals surface area (Å²) in [5.41, 5.74) is 1.38. The second-order valence-corrected chi connectivity index (χ2v) is 3.22. The summed E-state index contributed by atoms with van der Waals surface area (Å²) in [5, 5.41) is 0. The van der Waals surface area contributed by atoms with Gasteiger partial charge in [-0.2, -0.15) is 17.8 Å². The van der Waals surface area contributed by atoms with Crippen molar-refractivity contribution in [1.82, 2.24) is 0 Å². The van der Waals surface area contributed by atoms with Gasteiger partial charge in [-0.1, -0.05) is 6.92 Å². The van der Waals surface area contributed by atoms with Crippen molar-refractivity contribution in [2.75, 3.05) is 11.5 Å². The van der Waals surface area contributed by atoms with Crippen molar-refractivity contribution in [1.29, 1.82) is 0 Å². The van der Waals surface area contributed by atoms with Gasteiger partial charge in [0.15, 0.2) is 0 Å². The Morgan fingerprint density at radius 1 is 1.50 bits per heavy atom. The maximum Gasteiger partial charge on any atom is 0 e. The van der Waals surface area contributed by atoms with Gasteiger partial charge in [-0.05, 0) is 11.5 Å². The number of allylic oxidation sites excluding steroid dienone is 3. The SMILES string of the molecule is CCSCC1=[C-]CC=C1.Cl.Cl.[Ti]. The van der Waals surface area contributed by atoms with Gasteiger partial charge in [0.1, 0.15) is 0 Å². The molecule has 0 N–H and O–H groups in total. The van der Waals surface area contributed by atoms with Crippen LogP contribution >= 0.6 is 36.6 Å². The zero-order chi connectivity index (χ0) is 6.53. The summed E-state index contributed by atoms with van der Waals surface area (Å²) in [6, 6.07) is 0. The van der Waals surface area contributed by atoms with Crippen LogP contribution in [0.25, 0.3) is 0 Å². The van der Waals surface area contributed by atoms with E-state index in [4.69, 9.17) is 0 Å². The summed E-state index contributed by atoms with van der Waals surface area (Å²) in [4.78, 5) is 0. The third-order valence-electron chi connectivity index (χ3n) is 1.23. The second-order valence-electron chi connectivity index (χ2n) is 1.95. The standard InChI is InChI=1S/C8H11S.2ClH.Ti/c1-2-9-7-8-5-3-4-6-8;;;/h3,5H,2,4,7H2,1H3;2*1H;/q-1;;;. The molecule has 70 valence electrons. The molecular formula is C8H13Cl2STi-. The molecule has 0 amide bonds. The average Bonchev–Trinajstić information content (AvgIpc) is 2.34. The van der Waals surface area contributed by atoms with E-state index < -0.39 is 0 Å². The monoisotopic (exact) mass is 259 g/mol. The van der Waals surface area contributed by atoms with Crippen LogP contribution < -0.4 is 0 Å². The second kappa shape index (κ2) is 12.1. The Bertz CT molecular complexity index is 146. The van der Waals surface area contributed by atoms with Crippen LogP contribution in [-0.2, 0) is 21.7 Å². The molecule has 0 aromatic heterocycles.